The molecule has 0 aliphatic rings. The minimum atomic E-state index is -1.46. The summed E-state index contributed by atoms with van der Waals surface area (Å²) in [5.41, 5.74) is 0.459. The average Bonchev–Trinajstić information content (AvgIpc) is 2.86. The molecule has 2 rings (SSSR count). The number of aliphatic hydroxyl groups is 1. The third-order valence-corrected chi connectivity index (χ3v) is 4.38. The fourth-order valence-corrected chi connectivity index (χ4v) is 3.17. The van der Waals surface area contributed by atoms with Gasteiger partial charge in [-0.2, -0.15) is 4.37 Å². The zero-order valence-corrected chi connectivity index (χ0v) is 14.7. The van der Waals surface area contributed by atoms with Gasteiger partial charge in [-0.15, -0.1) is 0 Å². The number of anilines is 1. The van der Waals surface area contributed by atoms with Crippen molar-refractivity contribution in [1.82, 2.24) is 9.36 Å². The molecule has 1 unspecified atom stereocenters. The number of benzene rings is 1. The van der Waals surface area contributed by atoms with E-state index in [2.05, 4.69) is 9.36 Å². The average molecular weight is 381 g/mol. The highest BCUT2D eigenvalue weighted by atomic mass is 35.5. The molecule has 9 heteroatoms. The van der Waals surface area contributed by atoms with Crippen LogP contribution in [0.1, 0.15) is 25.0 Å². The summed E-state index contributed by atoms with van der Waals surface area (Å²) in [6, 6.07) is 4.56. The first-order valence-corrected chi connectivity index (χ1v) is 8.17. The Hall–Kier alpha value is -0.920. The zero-order valence-electron chi connectivity index (χ0n) is 11.6. The Morgan fingerprint density at radius 3 is 2.50 bits per heavy atom. The second kappa shape index (κ2) is 7.10. The van der Waals surface area contributed by atoms with Gasteiger partial charge >= 0.3 is 0 Å². The summed E-state index contributed by atoms with van der Waals surface area (Å²) in [5, 5.41) is 11.1. The molecule has 0 saturated heterocycles. The number of aromatic nitrogens is 2. The number of carbonyl (C=O) groups is 1. The summed E-state index contributed by atoms with van der Waals surface area (Å²) in [7, 11) is 0. The van der Waals surface area contributed by atoms with Crippen molar-refractivity contribution in [3.8, 4) is 0 Å². The van der Waals surface area contributed by atoms with Crippen LogP contribution in [-0.2, 0) is 4.79 Å². The topological polar surface area (TPSA) is 66.3 Å². The summed E-state index contributed by atoms with van der Waals surface area (Å²) in [6.45, 7) is 3.62. The lowest BCUT2D eigenvalue weighted by molar-refractivity contribution is -0.127. The molecule has 0 fully saturated rings. The third-order valence-electron chi connectivity index (χ3n) is 2.81. The fraction of sp³-hybridized carbons (Fsp3) is 0.308. The lowest BCUT2D eigenvalue weighted by Crippen LogP contribution is -2.40. The van der Waals surface area contributed by atoms with Crippen molar-refractivity contribution >= 4 is 57.9 Å². The van der Waals surface area contributed by atoms with Gasteiger partial charge in [-0.25, -0.2) is 4.98 Å². The number of hydrogen-bond donors (Lipinski definition) is 1. The number of nitrogens with zero attached hydrogens (tertiary/aromatic N) is 3. The highest BCUT2D eigenvalue weighted by molar-refractivity contribution is 7.05. The Kier molecular flexibility index (Phi) is 5.63. The van der Waals surface area contributed by atoms with Gasteiger partial charge in [0, 0.05) is 11.1 Å². The minimum Gasteiger partial charge on any atom is -0.376 e. The van der Waals surface area contributed by atoms with E-state index in [0.29, 0.717) is 15.7 Å². The standard InChI is InChI=1S/C13H12Cl3N3O2S/c1-6(2)19(9-4-3-7(14)5-8(9)15)12(21)10(20)11-17-13(16)18-22-11/h3-6,10,20H,1-2H3. The van der Waals surface area contributed by atoms with Crippen molar-refractivity contribution in [3.05, 3.63) is 38.5 Å². The lowest BCUT2D eigenvalue weighted by atomic mass is 10.2. The highest BCUT2D eigenvalue weighted by Gasteiger charge is 2.30. The molecule has 1 amide bonds. The molecule has 0 bridgehead atoms. The second-order valence-corrected chi connectivity index (χ2v) is 6.67. The number of halogens is 3. The molecule has 0 spiro atoms. The van der Waals surface area contributed by atoms with E-state index >= 15 is 0 Å². The van der Waals surface area contributed by atoms with E-state index in [-0.39, 0.29) is 16.3 Å². The Morgan fingerprint density at radius 1 is 1.32 bits per heavy atom. The number of rotatable bonds is 4. The molecule has 0 aliphatic heterocycles. The van der Waals surface area contributed by atoms with Crippen molar-refractivity contribution in [3.63, 3.8) is 0 Å². The van der Waals surface area contributed by atoms with Crippen LogP contribution < -0.4 is 4.90 Å². The summed E-state index contributed by atoms with van der Waals surface area (Å²) >= 11 is 18.5. The van der Waals surface area contributed by atoms with Crippen LogP contribution in [0.5, 0.6) is 0 Å². The van der Waals surface area contributed by atoms with Gasteiger partial charge in [-0.3, -0.25) is 4.79 Å². The SMILES string of the molecule is CC(C)N(C(=O)C(O)c1nc(Cl)ns1)c1ccc(Cl)cc1Cl. The molecule has 2 aromatic rings. The highest BCUT2D eigenvalue weighted by Crippen LogP contribution is 2.32. The maximum absolute atomic E-state index is 12.6. The molecular formula is C13H12Cl3N3O2S. The maximum atomic E-state index is 12.6. The fourth-order valence-electron chi connectivity index (χ4n) is 1.89. The predicted octanol–water partition coefficient (Wildman–Crippen LogP) is 3.97. The summed E-state index contributed by atoms with van der Waals surface area (Å²) in [4.78, 5) is 17.8. The van der Waals surface area contributed by atoms with Crippen LogP contribution in [-0.4, -0.2) is 26.4 Å². The van der Waals surface area contributed by atoms with Crippen molar-refractivity contribution in [2.75, 3.05) is 4.90 Å². The van der Waals surface area contributed by atoms with E-state index in [1.54, 1.807) is 12.1 Å². The van der Waals surface area contributed by atoms with Gasteiger partial charge in [-0.05, 0) is 55.2 Å². The van der Waals surface area contributed by atoms with Crippen LogP contribution in [0.25, 0.3) is 0 Å². The largest absolute Gasteiger partial charge is 0.376 e. The molecule has 118 valence electrons. The Labute approximate surface area is 146 Å². The van der Waals surface area contributed by atoms with Crippen LogP contribution in [0.3, 0.4) is 0 Å². The van der Waals surface area contributed by atoms with Gasteiger partial charge < -0.3 is 10.0 Å². The molecule has 22 heavy (non-hydrogen) atoms. The third kappa shape index (κ3) is 3.70. The zero-order chi connectivity index (χ0) is 16.4. The van der Waals surface area contributed by atoms with Crippen molar-refractivity contribution < 1.29 is 9.90 Å². The molecule has 0 saturated carbocycles. The van der Waals surface area contributed by atoms with Crippen LogP contribution in [0.15, 0.2) is 18.2 Å². The van der Waals surface area contributed by atoms with E-state index < -0.39 is 12.0 Å². The van der Waals surface area contributed by atoms with Gasteiger partial charge in [0.15, 0.2) is 11.1 Å². The minimum absolute atomic E-state index is 0.00697. The van der Waals surface area contributed by atoms with E-state index in [9.17, 15) is 9.90 Å². The van der Waals surface area contributed by atoms with E-state index in [1.165, 1.54) is 11.0 Å². The molecule has 5 nitrogen and oxygen atoms in total. The first kappa shape index (κ1) is 17.4. The Balaban J connectivity index is 2.37. The molecule has 1 aromatic carbocycles. The van der Waals surface area contributed by atoms with Crippen LogP contribution >= 0.6 is 46.3 Å². The molecular weight excluding hydrogens is 369 g/mol. The van der Waals surface area contributed by atoms with Gasteiger partial charge in [0.05, 0.1) is 10.7 Å². The Morgan fingerprint density at radius 2 is 2.00 bits per heavy atom. The van der Waals surface area contributed by atoms with Crippen molar-refractivity contribution in [1.29, 1.82) is 0 Å². The molecule has 1 atom stereocenters. The summed E-state index contributed by atoms with van der Waals surface area (Å²) in [6.07, 6.45) is -1.46. The maximum Gasteiger partial charge on any atom is 0.263 e. The van der Waals surface area contributed by atoms with Gasteiger partial charge in [0.2, 0.25) is 5.28 Å². The van der Waals surface area contributed by atoms with Crippen LogP contribution in [0.4, 0.5) is 5.69 Å². The van der Waals surface area contributed by atoms with E-state index in [1.807, 2.05) is 13.8 Å². The number of hydrogen-bond acceptors (Lipinski definition) is 5. The predicted molar refractivity (Wildman–Crippen MR) is 89.0 cm³/mol. The normalized spacial score (nSPS) is 12.5. The van der Waals surface area contributed by atoms with Crippen LogP contribution in [0.2, 0.25) is 15.3 Å². The van der Waals surface area contributed by atoms with Gasteiger partial charge in [0.25, 0.3) is 5.91 Å². The molecule has 1 N–H and O–H groups in total. The smallest absolute Gasteiger partial charge is 0.263 e. The monoisotopic (exact) mass is 379 g/mol. The Bertz CT molecular complexity index is 693. The number of amides is 1. The van der Waals surface area contributed by atoms with E-state index in [4.69, 9.17) is 34.8 Å². The van der Waals surface area contributed by atoms with Crippen molar-refractivity contribution in [2.45, 2.75) is 26.0 Å². The molecule has 1 heterocycles. The quantitative estimate of drug-likeness (QED) is 0.871. The first-order chi connectivity index (χ1) is 10.3. The molecule has 1 aromatic heterocycles. The first-order valence-electron chi connectivity index (χ1n) is 6.26. The molecule has 0 aliphatic carbocycles. The lowest BCUT2D eigenvalue weighted by Gasteiger charge is -2.29. The summed E-state index contributed by atoms with van der Waals surface area (Å²) < 4.78 is 3.75. The number of carbonyl (C=O) groups excluding carboxylic acids is 1. The van der Waals surface area contributed by atoms with Gasteiger partial charge in [0.1, 0.15) is 0 Å². The van der Waals surface area contributed by atoms with Crippen LogP contribution in [0, 0.1) is 0 Å². The summed E-state index contributed by atoms with van der Waals surface area (Å²) in [5.74, 6) is -0.563. The second-order valence-electron chi connectivity index (χ2n) is 4.70. The van der Waals surface area contributed by atoms with Gasteiger partial charge in [-0.1, -0.05) is 23.2 Å². The number of aliphatic hydroxyl groups excluding tert-OH is 1. The molecule has 0 radical (unpaired) electrons. The van der Waals surface area contributed by atoms with Crippen molar-refractivity contribution in [2.24, 2.45) is 0 Å². The van der Waals surface area contributed by atoms with E-state index in [0.717, 1.165) is 11.5 Å².